The highest BCUT2D eigenvalue weighted by atomic mass is 16.4. The smallest absolute Gasteiger partial charge is 0.330 e. The first kappa shape index (κ1) is 11.1. The lowest BCUT2D eigenvalue weighted by Crippen LogP contribution is -2.58. The maximum absolute atomic E-state index is 11.7. The zero-order valence-electron chi connectivity index (χ0n) is 10.5. The van der Waals surface area contributed by atoms with Crippen molar-refractivity contribution in [2.24, 2.45) is 11.3 Å². The highest BCUT2D eigenvalue weighted by molar-refractivity contribution is 5.83. The average Bonchev–Trinajstić information content (AvgIpc) is 2.82. The summed E-state index contributed by atoms with van der Waals surface area (Å²) >= 11 is 0. The fourth-order valence-electron chi connectivity index (χ4n) is 3.01. The van der Waals surface area contributed by atoms with E-state index in [9.17, 15) is 9.90 Å². The van der Waals surface area contributed by atoms with Crippen LogP contribution >= 0.6 is 0 Å². The van der Waals surface area contributed by atoms with Crippen LogP contribution in [0.25, 0.3) is 0 Å². The molecule has 1 aliphatic heterocycles. The van der Waals surface area contributed by atoms with Crippen molar-refractivity contribution in [3.8, 4) is 0 Å². The standard InChI is InChI=1S/C13H20N2O2/c1-12(6-7-12)10-8-13(11(16)17,15(2)14-10)9-4-3-5-9/h8-9,14H,3-7H2,1-2H3,(H,16,17). The molecule has 0 amide bonds. The van der Waals surface area contributed by atoms with Gasteiger partial charge in [0.25, 0.3) is 0 Å². The molecule has 3 rings (SSSR count). The minimum absolute atomic E-state index is 0.204. The van der Waals surface area contributed by atoms with E-state index in [1.165, 1.54) is 12.8 Å². The number of nitrogens with zero attached hydrogens (tertiary/aromatic N) is 1. The van der Waals surface area contributed by atoms with Gasteiger partial charge in [0, 0.05) is 18.2 Å². The summed E-state index contributed by atoms with van der Waals surface area (Å²) in [4.78, 5) is 11.7. The van der Waals surface area contributed by atoms with Gasteiger partial charge >= 0.3 is 5.97 Å². The van der Waals surface area contributed by atoms with Crippen molar-refractivity contribution < 1.29 is 9.90 Å². The van der Waals surface area contributed by atoms with E-state index in [0.29, 0.717) is 0 Å². The van der Waals surface area contributed by atoms with Crippen molar-refractivity contribution in [1.82, 2.24) is 10.4 Å². The Labute approximate surface area is 102 Å². The number of likely N-dealkylation sites (N-methyl/N-ethyl adjacent to an activating group) is 1. The van der Waals surface area contributed by atoms with E-state index in [1.807, 2.05) is 18.1 Å². The molecule has 2 N–H and O–H groups in total. The number of aliphatic carboxylic acids is 1. The Morgan fingerprint density at radius 3 is 2.59 bits per heavy atom. The number of allylic oxidation sites excluding steroid dienone is 1. The van der Waals surface area contributed by atoms with Crippen LogP contribution in [-0.4, -0.2) is 28.7 Å². The van der Waals surface area contributed by atoms with Crippen LogP contribution in [0.15, 0.2) is 11.8 Å². The minimum Gasteiger partial charge on any atom is -0.480 e. The van der Waals surface area contributed by atoms with Crippen LogP contribution in [0.2, 0.25) is 0 Å². The van der Waals surface area contributed by atoms with Crippen molar-refractivity contribution in [2.45, 2.75) is 44.6 Å². The summed E-state index contributed by atoms with van der Waals surface area (Å²) in [5, 5.41) is 11.5. The van der Waals surface area contributed by atoms with Gasteiger partial charge in [-0.25, -0.2) is 9.80 Å². The van der Waals surface area contributed by atoms with Crippen LogP contribution in [0.3, 0.4) is 0 Å². The van der Waals surface area contributed by atoms with E-state index in [0.717, 1.165) is 25.0 Å². The number of carboxylic acid groups (broad SMARTS) is 1. The van der Waals surface area contributed by atoms with Crippen molar-refractivity contribution >= 4 is 5.97 Å². The molecule has 1 heterocycles. The summed E-state index contributed by atoms with van der Waals surface area (Å²) in [5.74, 6) is -0.450. The molecule has 0 spiro atoms. The predicted octanol–water partition coefficient (Wildman–Crippen LogP) is 1.74. The van der Waals surface area contributed by atoms with Gasteiger partial charge in [-0.15, -0.1) is 0 Å². The summed E-state index contributed by atoms with van der Waals surface area (Å²) in [5.41, 5.74) is 3.81. The fraction of sp³-hybridized carbons (Fsp3) is 0.769. The highest BCUT2D eigenvalue weighted by Gasteiger charge is 2.56. The van der Waals surface area contributed by atoms with Gasteiger partial charge in [0.1, 0.15) is 0 Å². The Kier molecular flexibility index (Phi) is 2.12. The Morgan fingerprint density at radius 2 is 2.18 bits per heavy atom. The van der Waals surface area contributed by atoms with Gasteiger partial charge in [-0.2, -0.15) is 0 Å². The Balaban J connectivity index is 1.97. The molecule has 2 fully saturated rings. The van der Waals surface area contributed by atoms with Crippen molar-refractivity contribution in [3.63, 3.8) is 0 Å². The first-order valence-electron chi connectivity index (χ1n) is 6.46. The average molecular weight is 236 g/mol. The largest absolute Gasteiger partial charge is 0.480 e. The number of hydrogen-bond acceptors (Lipinski definition) is 3. The third-order valence-electron chi connectivity index (χ3n) is 4.93. The number of carboxylic acids is 1. The Bertz CT molecular complexity index is 396. The molecule has 0 aromatic rings. The molecule has 4 nitrogen and oxygen atoms in total. The van der Waals surface area contributed by atoms with Crippen molar-refractivity contribution in [1.29, 1.82) is 0 Å². The lowest BCUT2D eigenvalue weighted by atomic mass is 9.70. The molecule has 0 radical (unpaired) electrons. The molecular formula is C13H20N2O2. The van der Waals surface area contributed by atoms with Crippen LogP contribution in [0, 0.1) is 11.3 Å². The minimum atomic E-state index is -0.806. The first-order chi connectivity index (χ1) is 7.99. The second-order valence-corrected chi connectivity index (χ2v) is 6.05. The van der Waals surface area contributed by atoms with Crippen LogP contribution in [-0.2, 0) is 4.79 Å². The first-order valence-corrected chi connectivity index (χ1v) is 6.46. The molecule has 94 valence electrons. The van der Waals surface area contributed by atoms with Crippen molar-refractivity contribution in [3.05, 3.63) is 11.8 Å². The number of carbonyl (C=O) groups is 1. The molecule has 4 heteroatoms. The van der Waals surface area contributed by atoms with Crippen LogP contribution < -0.4 is 5.43 Å². The van der Waals surface area contributed by atoms with Gasteiger partial charge in [-0.1, -0.05) is 13.3 Å². The van der Waals surface area contributed by atoms with Crippen LogP contribution in [0.1, 0.15) is 39.0 Å². The third kappa shape index (κ3) is 1.36. The Hall–Kier alpha value is -1.03. The van der Waals surface area contributed by atoms with E-state index in [1.54, 1.807) is 0 Å². The van der Waals surface area contributed by atoms with Gasteiger partial charge in [0.05, 0.1) is 0 Å². The van der Waals surface area contributed by atoms with E-state index >= 15 is 0 Å². The second-order valence-electron chi connectivity index (χ2n) is 6.05. The van der Waals surface area contributed by atoms with E-state index in [-0.39, 0.29) is 11.3 Å². The summed E-state index contributed by atoms with van der Waals surface area (Å²) in [6, 6.07) is 0. The normalized spacial score (nSPS) is 36.0. The SMILES string of the molecule is CN1NC(C2(C)CC2)=CC1(C(=O)O)C1CCC1. The number of nitrogens with one attached hydrogen (secondary N) is 1. The molecule has 2 aliphatic carbocycles. The lowest BCUT2D eigenvalue weighted by molar-refractivity contribution is -0.153. The molecule has 1 atom stereocenters. The quantitative estimate of drug-likeness (QED) is 0.783. The topological polar surface area (TPSA) is 52.6 Å². The lowest BCUT2D eigenvalue weighted by Gasteiger charge is -2.42. The summed E-state index contributed by atoms with van der Waals surface area (Å²) in [7, 11) is 1.86. The molecule has 0 aromatic carbocycles. The predicted molar refractivity (Wildman–Crippen MR) is 64.0 cm³/mol. The zero-order chi connectivity index (χ0) is 12.3. The molecule has 17 heavy (non-hydrogen) atoms. The van der Waals surface area contributed by atoms with Gasteiger partial charge in [0.2, 0.25) is 0 Å². The summed E-state index contributed by atoms with van der Waals surface area (Å²) in [6.07, 6.45) is 7.54. The van der Waals surface area contributed by atoms with Gasteiger partial charge in [-0.3, -0.25) is 0 Å². The third-order valence-corrected chi connectivity index (χ3v) is 4.93. The molecule has 3 aliphatic rings. The summed E-state index contributed by atoms with van der Waals surface area (Å²) in [6.45, 7) is 2.21. The van der Waals surface area contributed by atoms with E-state index in [4.69, 9.17) is 0 Å². The number of hydrogen-bond donors (Lipinski definition) is 2. The molecule has 0 aromatic heterocycles. The van der Waals surface area contributed by atoms with Gasteiger partial charge in [0.15, 0.2) is 5.54 Å². The molecule has 0 bridgehead atoms. The van der Waals surface area contributed by atoms with Crippen molar-refractivity contribution in [2.75, 3.05) is 7.05 Å². The number of rotatable bonds is 3. The zero-order valence-corrected chi connectivity index (χ0v) is 10.5. The van der Waals surface area contributed by atoms with Crippen LogP contribution in [0.4, 0.5) is 0 Å². The monoisotopic (exact) mass is 236 g/mol. The van der Waals surface area contributed by atoms with Gasteiger partial charge < -0.3 is 10.5 Å². The van der Waals surface area contributed by atoms with Crippen LogP contribution in [0.5, 0.6) is 0 Å². The van der Waals surface area contributed by atoms with Gasteiger partial charge in [-0.05, 0) is 37.7 Å². The molecular weight excluding hydrogens is 216 g/mol. The fourth-order valence-corrected chi connectivity index (χ4v) is 3.01. The maximum atomic E-state index is 11.7. The molecule has 1 unspecified atom stereocenters. The molecule has 2 saturated carbocycles. The summed E-state index contributed by atoms with van der Waals surface area (Å²) < 4.78 is 0. The second kappa shape index (κ2) is 3.25. The molecule has 0 saturated heterocycles. The maximum Gasteiger partial charge on any atom is 0.330 e. The highest BCUT2D eigenvalue weighted by Crippen LogP contribution is 2.54. The van der Waals surface area contributed by atoms with E-state index in [2.05, 4.69) is 12.3 Å². The van der Waals surface area contributed by atoms with E-state index < -0.39 is 11.5 Å². The number of hydrazine groups is 1. The Morgan fingerprint density at radius 1 is 1.53 bits per heavy atom.